The fourth-order valence-corrected chi connectivity index (χ4v) is 1.68. The van der Waals surface area contributed by atoms with Crippen molar-refractivity contribution in [3.63, 3.8) is 0 Å². The minimum absolute atomic E-state index is 0.144. The molecule has 0 radical (unpaired) electrons. The van der Waals surface area contributed by atoms with E-state index in [1.54, 1.807) is 19.9 Å². The summed E-state index contributed by atoms with van der Waals surface area (Å²) in [6, 6.07) is 5.72. The molecule has 0 atom stereocenters. The molecule has 1 aromatic rings. The van der Waals surface area contributed by atoms with E-state index in [9.17, 15) is 21.6 Å². The fraction of sp³-hybridized carbons (Fsp3) is 0.400. The van der Waals surface area contributed by atoms with E-state index in [2.05, 4.69) is 4.18 Å². The summed E-state index contributed by atoms with van der Waals surface area (Å²) in [5.74, 6) is -0.436. The van der Waals surface area contributed by atoms with Crippen LogP contribution in [0.5, 0.6) is 5.75 Å². The molecule has 0 aliphatic heterocycles. The standard InChI is InChI=1S/C10H11F3O3S/c1-7(2)8-5-3-4-6-9(8)16-17(14,15)10(11,12)13/h3-7H,1-2H3. The van der Waals surface area contributed by atoms with E-state index in [0.29, 0.717) is 5.56 Å². The van der Waals surface area contributed by atoms with Crippen LogP contribution in [-0.4, -0.2) is 13.9 Å². The zero-order chi connectivity index (χ0) is 13.3. The van der Waals surface area contributed by atoms with Crippen molar-refractivity contribution in [3.05, 3.63) is 29.8 Å². The smallest absolute Gasteiger partial charge is 0.376 e. The second-order valence-corrected chi connectivity index (χ2v) is 5.21. The molecule has 1 rings (SSSR count). The molecule has 0 spiro atoms. The molecular formula is C10H11F3O3S. The average Bonchev–Trinajstić information content (AvgIpc) is 2.15. The molecule has 0 N–H and O–H groups in total. The second-order valence-electron chi connectivity index (χ2n) is 3.68. The molecule has 96 valence electrons. The Bertz CT molecular complexity index is 492. The lowest BCUT2D eigenvalue weighted by atomic mass is 10.0. The number of rotatable bonds is 3. The highest BCUT2D eigenvalue weighted by Gasteiger charge is 2.48. The van der Waals surface area contributed by atoms with E-state index >= 15 is 0 Å². The minimum atomic E-state index is -5.61. The Balaban J connectivity index is 3.13. The van der Waals surface area contributed by atoms with Crippen LogP contribution < -0.4 is 4.18 Å². The Morgan fingerprint density at radius 2 is 1.71 bits per heavy atom. The maximum absolute atomic E-state index is 12.1. The molecule has 0 saturated heterocycles. The Morgan fingerprint density at radius 1 is 1.18 bits per heavy atom. The molecule has 1 aromatic carbocycles. The van der Waals surface area contributed by atoms with Crippen molar-refractivity contribution >= 4 is 10.1 Å². The summed E-state index contributed by atoms with van der Waals surface area (Å²) in [5, 5.41) is 0. The van der Waals surface area contributed by atoms with Crippen LogP contribution in [0.3, 0.4) is 0 Å². The van der Waals surface area contributed by atoms with E-state index in [1.165, 1.54) is 18.2 Å². The van der Waals surface area contributed by atoms with Gasteiger partial charge >= 0.3 is 15.6 Å². The van der Waals surface area contributed by atoms with E-state index in [4.69, 9.17) is 0 Å². The van der Waals surface area contributed by atoms with Crippen LogP contribution in [0, 0.1) is 0 Å². The topological polar surface area (TPSA) is 43.4 Å². The zero-order valence-electron chi connectivity index (χ0n) is 9.15. The summed E-state index contributed by atoms with van der Waals surface area (Å²) >= 11 is 0. The fourth-order valence-electron chi connectivity index (χ4n) is 1.20. The van der Waals surface area contributed by atoms with Gasteiger partial charge in [0.1, 0.15) is 5.75 Å². The van der Waals surface area contributed by atoms with Crippen molar-refractivity contribution in [3.8, 4) is 5.75 Å². The van der Waals surface area contributed by atoms with Gasteiger partial charge in [0.15, 0.2) is 0 Å². The van der Waals surface area contributed by atoms with E-state index < -0.39 is 15.6 Å². The number of alkyl halides is 3. The van der Waals surface area contributed by atoms with Gasteiger partial charge in [-0.1, -0.05) is 32.0 Å². The molecule has 0 aliphatic rings. The first-order valence-corrected chi connectivity index (χ1v) is 6.15. The van der Waals surface area contributed by atoms with Crippen LogP contribution in [0.25, 0.3) is 0 Å². The lowest BCUT2D eigenvalue weighted by Crippen LogP contribution is -2.28. The predicted octanol–water partition coefficient (Wildman–Crippen LogP) is 3.04. The van der Waals surface area contributed by atoms with E-state index in [-0.39, 0.29) is 11.7 Å². The van der Waals surface area contributed by atoms with Crippen molar-refractivity contribution in [2.24, 2.45) is 0 Å². The van der Waals surface area contributed by atoms with Gasteiger partial charge in [-0.15, -0.1) is 0 Å². The van der Waals surface area contributed by atoms with Crippen molar-refractivity contribution in [2.45, 2.75) is 25.3 Å². The summed E-state index contributed by atoms with van der Waals surface area (Å²) in [6.45, 7) is 3.45. The van der Waals surface area contributed by atoms with Gasteiger partial charge in [-0.3, -0.25) is 0 Å². The zero-order valence-corrected chi connectivity index (χ0v) is 9.97. The number of halogens is 3. The normalized spacial score (nSPS) is 12.8. The molecule has 17 heavy (non-hydrogen) atoms. The molecule has 0 unspecified atom stereocenters. The molecule has 0 bridgehead atoms. The third kappa shape index (κ3) is 3.12. The van der Waals surface area contributed by atoms with Gasteiger partial charge in [0.2, 0.25) is 0 Å². The number of hydrogen-bond acceptors (Lipinski definition) is 3. The minimum Gasteiger partial charge on any atom is -0.376 e. The molecule has 0 fully saturated rings. The average molecular weight is 268 g/mol. The quantitative estimate of drug-likeness (QED) is 0.625. The molecular weight excluding hydrogens is 257 g/mol. The highest BCUT2D eigenvalue weighted by molar-refractivity contribution is 7.88. The summed E-state index contributed by atoms with van der Waals surface area (Å²) in [7, 11) is -5.61. The largest absolute Gasteiger partial charge is 0.534 e. The Labute approximate surface area is 97.3 Å². The number of benzene rings is 1. The van der Waals surface area contributed by atoms with Crippen LogP contribution in [0.15, 0.2) is 24.3 Å². The predicted molar refractivity (Wildman–Crippen MR) is 56.1 cm³/mol. The maximum Gasteiger partial charge on any atom is 0.534 e. The number of hydrogen-bond donors (Lipinski definition) is 0. The first kappa shape index (κ1) is 13.8. The Kier molecular flexibility index (Phi) is 3.71. The molecule has 7 heteroatoms. The van der Waals surface area contributed by atoms with Crippen LogP contribution in [0.1, 0.15) is 25.3 Å². The van der Waals surface area contributed by atoms with Crippen LogP contribution in [0.2, 0.25) is 0 Å². The lowest BCUT2D eigenvalue weighted by molar-refractivity contribution is -0.0500. The van der Waals surface area contributed by atoms with Gasteiger partial charge in [-0.05, 0) is 17.5 Å². The van der Waals surface area contributed by atoms with Gasteiger partial charge in [0, 0.05) is 0 Å². The van der Waals surface area contributed by atoms with Gasteiger partial charge in [-0.2, -0.15) is 21.6 Å². The highest BCUT2D eigenvalue weighted by Crippen LogP contribution is 2.31. The van der Waals surface area contributed by atoms with Crippen LogP contribution in [-0.2, 0) is 10.1 Å². The summed E-state index contributed by atoms with van der Waals surface area (Å²) in [4.78, 5) is 0. The van der Waals surface area contributed by atoms with Crippen molar-refractivity contribution in [1.29, 1.82) is 0 Å². The van der Waals surface area contributed by atoms with Crippen LogP contribution >= 0.6 is 0 Å². The van der Waals surface area contributed by atoms with E-state index in [0.717, 1.165) is 0 Å². The summed E-state index contributed by atoms with van der Waals surface area (Å²) in [6.07, 6.45) is 0. The first-order chi connectivity index (χ1) is 7.65. The monoisotopic (exact) mass is 268 g/mol. The third-order valence-corrected chi connectivity index (χ3v) is 2.99. The van der Waals surface area contributed by atoms with Crippen molar-refractivity contribution in [2.75, 3.05) is 0 Å². The molecule has 3 nitrogen and oxygen atoms in total. The van der Waals surface area contributed by atoms with Crippen LogP contribution in [0.4, 0.5) is 13.2 Å². The van der Waals surface area contributed by atoms with Crippen molar-refractivity contribution in [1.82, 2.24) is 0 Å². The second kappa shape index (κ2) is 4.56. The summed E-state index contributed by atoms with van der Waals surface area (Å²) in [5.41, 5.74) is -5.02. The Morgan fingerprint density at radius 3 is 2.18 bits per heavy atom. The highest BCUT2D eigenvalue weighted by atomic mass is 32.2. The lowest BCUT2D eigenvalue weighted by Gasteiger charge is -2.14. The molecule has 0 aliphatic carbocycles. The van der Waals surface area contributed by atoms with Gasteiger partial charge in [-0.25, -0.2) is 0 Å². The third-order valence-electron chi connectivity index (χ3n) is 2.02. The number of para-hydroxylation sites is 1. The Hall–Kier alpha value is -1.24. The maximum atomic E-state index is 12.1. The van der Waals surface area contributed by atoms with Gasteiger partial charge in [0.05, 0.1) is 0 Å². The van der Waals surface area contributed by atoms with Crippen molar-refractivity contribution < 1.29 is 25.8 Å². The van der Waals surface area contributed by atoms with E-state index in [1.807, 2.05) is 0 Å². The molecule has 0 saturated carbocycles. The molecule has 0 amide bonds. The van der Waals surface area contributed by atoms with Gasteiger partial charge in [0.25, 0.3) is 0 Å². The SMILES string of the molecule is CC(C)c1ccccc1OS(=O)(=O)C(F)(F)F. The first-order valence-electron chi connectivity index (χ1n) is 4.75. The molecule has 0 heterocycles. The molecule has 0 aromatic heterocycles. The van der Waals surface area contributed by atoms with Gasteiger partial charge < -0.3 is 4.18 Å². The summed E-state index contributed by atoms with van der Waals surface area (Å²) < 4.78 is 62.2.